The fourth-order valence-electron chi connectivity index (χ4n) is 0.893. The van der Waals surface area contributed by atoms with Crippen LogP contribution in [0.2, 0.25) is 0 Å². The first kappa shape index (κ1) is 13.8. The number of carbonyl (C=O) groups excluding carboxylic acids is 1. The summed E-state index contributed by atoms with van der Waals surface area (Å²) in [5.74, 6) is 0.668. The van der Waals surface area contributed by atoms with Gasteiger partial charge in [0.25, 0.3) is 5.24 Å². The number of hydrogen-bond donors (Lipinski definition) is 0. The standard InChI is InChI=1S/C8H12Cl4O/c9-6-4-2-1-3-5-8(11,12)7(10)13/h1-6H2. The third-order valence-corrected chi connectivity index (χ3v) is 3.17. The van der Waals surface area contributed by atoms with Crippen molar-refractivity contribution in [2.75, 3.05) is 5.88 Å². The van der Waals surface area contributed by atoms with E-state index in [1.54, 1.807) is 0 Å². The lowest BCUT2D eigenvalue weighted by molar-refractivity contribution is -0.112. The van der Waals surface area contributed by atoms with Gasteiger partial charge in [-0.1, -0.05) is 36.0 Å². The minimum absolute atomic E-state index is 0.404. The summed E-state index contributed by atoms with van der Waals surface area (Å²) in [4.78, 5) is 10.7. The van der Waals surface area contributed by atoms with Crippen LogP contribution in [0.25, 0.3) is 0 Å². The Morgan fingerprint density at radius 1 is 1.08 bits per heavy atom. The minimum atomic E-state index is -1.41. The lowest BCUT2D eigenvalue weighted by atomic mass is 10.1. The first-order valence-corrected chi connectivity index (χ1v) is 5.81. The topological polar surface area (TPSA) is 17.1 Å². The van der Waals surface area contributed by atoms with Crippen molar-refractivity contribution in [3.05, 3.63) is 0 Å². The molecule has 0 radical (unpaired) electrons. The molecule has 5 heteroatoms. The van der Waals surface area contributed by atoms with Gasteiger partial charge in [0, 0.05) is 5.88 Å². The molecule has 0 unspecified atom stereocenters. The van der Waals surface area contributed by atoms with E-state index < -0.39 is 9.58 Å². The van der Waals surface area contributed by atoms with E-state index in [9.17, 15) is 4.79 Å². The van der Waals surface area contributed by atoms with E-state index in [0.717, 1.165) is 25.7 Å². The number of carbonyl (C=O) groups is 1. The molecule has 0 aromatic heterocycles. The van der Waals surface area contributed by atoms with Crippen LogP contribution in [0.1, 0.15) is 32.1 Å². The van der Waals surface area contributed by atoms with Gasteiger partial charge in [-0.3, -0.25) is 4.79 Å². The molecule has 0 aliphatic rings. The molecule has 0 fully saturated rings. The Morgan fingerprint density at radius 3 is 2.08 bits per heavy atom. The SMILES string of the molecule is O=C(Cl)C(Cl)(Cl)CCCCCCCl. The zero-order valence-electron chi connectivity index (χ0n) is 7.16. The quantitative estimate of drug-likeness (QED) is 0.385. The van der Waals surface area contributed by atoms with Crippen LogP contribution in [0, 0.1) is 0 Å². The lowest BCUT2D eigenvalue weighted by Crippen LogP contribution is -2.20. The maximum atomic E-state index is 10.7. The average molecular weight is 266 g/mol. The fourth-order valence-corrected chi connectivity index (χ4v) is 1.44. The third kappa shape index (κ3) is 6.84. The summed E-state index contributed by atoms with van der Waals surface area (Å²) in [6.45, 7) is 0. The number of rotatable bonds is 7. The molecule has 0 heterocycles. The second kappa shape index (κ2) is 7.17. The monoisotopic (exact) mass is 264 g/mol. The summed E-state index contributed by atoms with van der Waals surface area (Å²) in [6, 6.07) is 0. The van der Waals surface area contributed by atoms with E-state index in [0.29, 0.717) is 12.3 Å². The molecule has 0 bridgehead atoms. The Bertz CT molecular complexity index is 158. The summed E-state index contributed by atoms with van der Waals surface area (Å²) in [6.07, 6.45) is 4.18. The zero-order chi connectivity index (χ0) is 10.3. The molecule has 0 saturated heterocycles. The maximum Gasteiger partial charge on any atom is 0.257 e. The molecule has 0 spiro atoms. The fraction of sp³-hybridized carbons (Fsp3) is 0.875. The highest BCUT2D eigenvalue weighted by atomic mass is 35.5. The van der Waals surface area contributed by atoms with Crippen LogP contribution in [-0.2, 0) is 4.79 Å². The Morgan fingerprint density at radius 2 is 1.62 bits per heavy atom. The van der Waals surface area contributed by atoms with Crippen molar-refractivity contribution in [1.82, 2.24) is 0 Å². The molecule has 0 amide bonds. The van der Waals surface area contributed by atoms with E-state index >= 15 is 0 Å². The molecule has 0 aromatic carbocycles. The van der Waals surface area contributed by atoms with Crippen molar-refractivity contribution in [2.45, 2.75) is 36.4 Å². The number of halogens is 4. The van der Waals surface area contributed by atoms with Gasteiger partial charge in [-0.2, -0.15) is 0 Å². The van der Waals surface area contributed by atoms with Gasteiger partial charge in [0.05, 0.1) is 0 Å². The maximum absolute atomic E-state index is 10.7. The highest BCUT2D eigenvalue weighted by Gasteiger charge is 2.30. The Balaban J connectivity index is 3.46. The second-order valence-corrected chi connectivity index (χ2v) is 5.04. The zero-order valence-corrected chi connectivity index (χ0v) is 10.2. The molecule has 0 saturated carbocycles. The minimum Gasteiger partial charge on any atom is -0.278 e. The van der Waals surface area contributed by atoms with Crippen LogP contribution in [0.3, 0.4) is 0 Å². The normalized spacial score (nSPS) is 11.7. The van der Waals surface area contributed by atoms with Crippen LogP contribution < -0.4 is 0 Å². The first-order valence-electron chi connectivity index (χ1n) is 4.14. The predicted molar refractivity (Wildman–Crippen MR) is 59.1 cm³/mol. The highest BCUT2D eigenvalue weighted by molar-refractivity contribution is 6.78. The number of hydrogen-bond acceptors (Lipinski definition) is 1. The number of alkyl halides is 3. The van der Waals surface area contributed by atoms with Crippen molar-refractivity contribution in [2.24, 2.45) is 0 Å². The molecular formula is C8H12Cl4O. The highest BCUT2D eigenvalue weighted by Crippen LogP contribution is 2.30. The molecule has 0 N–H and O–H groups in total. The van der Waals surface area contributed by atoms with Crippen LogP contribution in [0.4, 0.5) is 0 Å². The first-order chi connectivity index (χ1) is 6.00. The summed E-state index contributed by atoms with van der Waals surface area (Å²) in [5, 5.41) is -0.701. The van der Waals surface area contributed by atoms with E-state index in [2.05, 4.69) is 0 Å². The summed E-state index contributed by atoms with van der Waals surface area (Å²) >= 11 is 22.0. The molecule has 0 aliphatic carbocycles. The van der Waals surface area contributed by atoms with Crippen molar-refractivity contribution < 1.29 is 4.79 Å². The van der Waals surface area contributed by atoms with Crippen molar-refractivity contribution in [3.8, 4) is 0 Å². The Labute approximate surface area is 98.7 Å². The van der Waals surface area contributed by atoms with Crippen molar-refractivity contribution in [1.29, 1.82) is 0 Å². The molecule has 13 heavy (non-hydrogen) atoms. The van der Waals surface area contributed by atoms with Gasteiger partial charge in [0.2, 0.25) is 0 Å². The van der Waals surface area contributed by atoms with Crippen LogP contribution in [0.5, 0.6) is 0 Å². The molecule has 0 aliphatic heterocycles. The van der Waals surface area contributed by atoms with Gasteiger partial charge in [0.1, 0.15) is 0 Å². The average Bonchev–Trinajstić information content (AvgIpc) is 2.03. The largest absolute Gasteiger partial charge is 0.278 e. The summed E-state index contributed by atoms with van der Waals surface area (Å²) in [7, 11) is 0. The molecule has 0 aromatic rings. The molecule has 78 valence electrons. The van der Waals surface area contributed by atoms with E-state index in [1.165, 1.54) is 0 Å². The van der Waals surface area contributed by atoms with Gasteiger partial charge < -0.3 is 0 Å². The lowest BCUT2D eigenvalue weighted by Gasteiger charge is -2.13. The van der Waals surface area contributed by atoms with Gasteiger partial charge in [-0.25, -0.2) is 0 Å². The molecular weight excluding hydrogens is 254 g/mol. The number of unbranched alkanes of at least 4 members (excludes halogenated alkanes) is 3. The van der Waals surface area contributed by atoms with Crippen LogP contribution >= 0.6 is 46.4 Å². The van der Waals surface area contributed by atoms with Gasteiger partial charge >= 0.3 is 0 Å². The second-order valence-electron chi connectivity index (χ2n) is 2.83. The predicted octanol–water partition coefficient (Wildman–Crippen LogP) is 4.12. The van der Waals surface area contributed by atoms with Crippen LogP contribution in [0.15, 0.2) is 0 Å². The van der Waals surface area contributed by atoms with Crippen LogP contribution in [-0.4, -0.2) is 15.5 Å². The van der Waals surface area contributed by atoms with E-state index in [4.69, 9.17) is 46.4 Å². The third-order valence-electron chi connectivity index (χ3n) is 1.66. The van der Waals surface area contributed by atoms with E-state index in [-0.39, 0.29) is 0 Å². The van der Waals surface area contributed by atoms with Gasteiger partial charge in [-0.05, 0) is 30.9 Å². The van der Waals surface area contributed by atoms with Gasteiger partial charge in [-0.15, -0.1) is 11.6 Å². The Kier molecular flexibility index (Phi) is 7.62. The summed E-state index contributed by atoms with van der Waals surface area (Å²) < 4.78 is -1.41. The van der Waals surface area contributed by atoms with Crippen molar-refractivity contribution in [3.63, 3.8) is 0 Å². The molecule has 1 nitrogen and oxygen atoms in total. The van der Waals surface area contributed by atoms with Crippen molar-refractivity contribution >= 4 is 51.6 Å². The summed E-state index contributed by atoms with van der Waals surface area (Å²) in [5.41, 5.74) is 0. The Hall–Kier alpha value is 0.830. The van der Waals surface area contributed by atoms with E-state index in [1.807, 2.05) is 0 Å². The molecule has 0 rings (SSSR count). The van der Waals surface area contributed by atoms with Gasteiger partial charge in [0.15, 0.2) is 4.33 Å². The smallest absolute Gasteiger partial charge is 0.257 e. The molecule has 0 atom stereocenters.